The van der Waals surface area contributed by atoms with E-state index in [4.69, 9.17) is 35.4 Å². The highest BCUT2D eigenvalue weighted by Crippen LogP contribution is 2.38. The summed E-state index contributed by atoms with van der Waals surface area (Å²) in [5.41, 5.74) is 3.50. The first kappa shape index (κ1) is 14.8. The van der Waals surface area contributed by atoms with Gasteiger partial charge in [0.1, 0.15) is 0 Å². The van der Waals surface area contributed by atoms with Gasteiger partial charge in [-0.3, -0.25) is 5.43 Å². The highest BCUT2D eigenvalue weighted by Gasteiger charge is 2.35. The van der Waals surface area contributed by atoms with E-state index in [1.165, 1.54) is 6.42 Å². The van der Waals surface area contributed by atoms with Gasteiger partial charge < -0.3 is 5.32 Å². The molecular weight excluding hydrogens is 325 g/mol. The standard InChI is InChI=1S/C15H15Cl2N3S/c16-12-2-1-3-13(17)11(12)8-18-20-15(21)19-14-7-9-4-5-10(14)6-9/h1-5,8-10,14H,6-7H2,(H2,19,20,21)/b18-8-/t9-,10-,14+/m1/s1. The van der Waals surface area contributed by atoms with Crippen molar-refractivity contribution in [3.8, 4) is 0 Å². The van der Waals surface area contributed by atoms with Gasteiger partial charge in [0.05, 0.1) is 16.3 Å². The number of rotatable bonds is 3. The number of hydrogen-bond acceptors (Lipinski definition) is 2. The van der Waals surface area contributed by atoms with Crippen LogP contribution in [0.25, 0.3) is 0 Å². The number of nitrogens with one attached hydrogen (secondary N) is 2. The normalized spacial score (nSPS) is 26.5. The molecule has 3 rings (SSSR count). The summed E-state index contributed by atoms with van der Waals surface area (Å²) < 4.78 is 0. The summed E-state index contributed by atoms with van der Waals surface area (Å²) in [6.07, 6.45) is 8.54. The first-order valence-electron chi connectivity index (χ1n) is 6.85. The third kappa shape index (κ3) is 3.39. The summed E-state index contributed by atoms with van der Waals surface area (Å²) in [6, 6.07) is 5.75. The van der Waals surface area contributed by atoms with Crippen LogP contribution in [-0.4, -0.2) is 17.4 Å². The fraction of sp³-hybridized carbons (Fsp3) is 0.333. The molecule has 2 aliphatic rings. The van der Waals surface area contributed by atoms with Gasteiger partial charge in [-0.15, -0.1) is 0 Å². The zero-order valence-electron chi connectivity index (χ0n) is 11.2. The molecule has 0 aliphatic heterocycles. The fourth-order valence-corrected chi connectivity index (χ4v) is 3.64. The Balaban J connectivity index is 1.54. The molecule has 0 heterocycles. The van der Waals surface area contributed by atoms with Crippen LogP contribution >= 0.6 is 35.4 Å². The van der Waals surface area contributed by atoms with Gasteiger partial charge in [0.15, 0.2) is 5.11 Å². The number of hydrazone groups is 1. The van der Waals surface area contributed by atoms with E-state index in [2.05, 4.69) is 28.0 Å². The van der Waals surface area contributed by atoms with E-state index in [0.717, 1.165) is 6.42 Å². The minimum atomic E-state index is 0.416. The number of halogens is 2. The maximum absolute atomic E-state index is 6.07. The van der Waals surface area contributed by atoms with Gasteiger partial charge in [0.2, 0.25) is 0 Å². The fourth-order valence-electron chi connectivity index (χ4n) is 2.94. The van der Waals surface area contributed by atoms with Gasteiger partial charge >= 0.3 is 0 Å². The molecule has 0 saturated heterocycles. The molecule has 1 aromatic rings. The Bertz CT molecular complexity index is 595. The van der Waals surface area contributed by atoms with Gasteiger partial charge in [-0.25, -0.2) is 0 Å². The largest absolute Gasteiger partial charge is 0.358 e. The summed E-state index contributed by atoms with van der Waals surface area (Å²) in [4.78, 5) is 0. The van der Waals surface area contributed by atoms with Crippen molar-refractivity contribution in [2.75, 3.05) is 0 Å². The Kier molecular flexibility index (Phi) is 4.48. The quantitative estimate of drug-likeness (QED) is 0.381. The van der Waals surface area contributed by atoms with Crippen LogP contribution in [0.4, 0.5) is 0 Å². The monoisotopic (exact) mass is 339 g/mol. The van der Waals surface area contributed by atoms with Crippen LogP contribution in [0, 0.1) is 11.8 Å². The van der Waals surface area contributed by atoms with Crippen LogP contribution in [-0.2, 0) is 0 Å². The lowest BCUT2D eigenvalue weighted by atomic mass is 10.0. The summed E-state index contributed by atoms with van der Waals surface area (Å²) in [5, 5.41) is 9.07. The topological polar surface area (TPSA) is 36.4 Å². The van der Waals surface area contributed by atoms with E-state index in [-0.39, 0.29) is 0 Å². The lowest BCUT2D eigenvalue weighted by Gasteiger charge is -2.20. The first-order valence-corrected chi connectivity index (χ1v) is 8.02. The minimum Gasteiger partial charge on any atom is -0.358 e. The Morgan fingerprint density at radius 2 is 2.00 bits per heavy atom. The maximum atomic E-state index is 6.07. The molecule has 0 radical (unpaired) electrons. The third-order valence-electron chi connectivity index (χ3n) is 3.95. The average molecular weight is 340 g/mol. The van der Waals surface area contributed by atoms with Crippen molar-refractivity contribution in [3.05, 3.63) is 46.0 Å². The van der Waals surface area contributed by atoms with Gasteiger partial charge in [-0.1, -0.05) is 41.4 Å². The van der Waals surface area contributed by atoms with E-state index in [1.54, 1.807) is 24.4 Å². The number of benzene rings is 1. The molecule has 21 heavy (non-hydrogen) atoms. The van der Waals surface area contributed by atoms with Gasteiger partial charge in [0.25, 0.3) is 0 Å². The molecular formula is C15H15Cl2N3S. The van der Waals surface area contributed by atoms with Crippen LogP contribution < -0.4 is 10.7 Å². The summed E-state index contributed by atoms with van der Waals surface area (Å²) in [6.45, 7) is 0. The Hall–Kier alpha value is -1.10. The Labute approximate surface area is 139 Å². The zero-order chi connectivity index (χ0) is 14.8. The van der Waals surface area contributed by atoms with Crippen molar-refractivity contribution < 1.29 is 0 Å². The highest BCUT2D eigenvalue weighted by atomic mass is 35.5. The molecule has 0 aromatic heterocycles. The summed E-state index contributed by atoms with van der Waals surface area (Å²) in [7, 11) is 0. The number of nitrogens with zero attached hydrogens (tertiary/aromatic N) is 1. The van der Waals surface area contributed by atoms with Crippen LogP contribution in [0.3, 0.4) is 0 Å². The Morgan fingerprint density at radius 3 is 2.62 bits per heavy atom. The smallest absolute Gasteiger partial charge is 0.187 e. The SMILES string of the molecule is S=C(N/N=C\c1c(Cl)cccc1Cl)N[C@H]1C[C@@H]2C=C[C@@H]1C2. The maximum Gasteiger partial charge on any atom is 0.187 e. The van der Waals surface area contributed by atoms with Crippen molar-refractivity contribution in [1.82, 2.24) is 10.7 Å². The third-order valence-corrected chi connectivity index (χ3v) is 4.82. The predicted molar refractivity (Wildman–Crippen MR) is 92.1 cm³/mol. The summed E-state index contributed by atoms with van der Waals surface area (Å²) in [5.74, 6) is 1.30. The minimum absolute atomic E-state index is 0.416. The number of hydrogen-bond donors (Lipinski definition) is 2. The predicted octanol–water partition coefficient (Wildman–Crippen LogP) is 3.76. The number of allylic oxidation sites excluding steroid dienone is 1. The second-order valence-corrected chi connectivity index (χ2v) is 6.59. The molecule has 3 atom stereocenters. The molecule has 2 N–H and O–H groups in total. The molecule has 6 heteroatoms. The van der Waals surface area contributed by atoms with Gasteiger partial charge in [0, 0.05) is 11.6 Å². The van der Waals surface area contributed by atoms with Crippen molar-refractivity contribution in [2.45, 2.75) is 18.9 Å². The van der Waals surface area contributed by atoms with Crippen LogP contribution in [0.5, 0.6) is 0 Å². The Morgan fingerprint density at radius 1 is 1.24 bits per heavy atom. The lowest BCUT2D eigenvalue weighted by Crippen LogP contribution is -2.42. The van der Waals surface area contributed by atoms with Gasteiger partial charge in [-0.2, -0.15) is 5.10 Å². The van der Waals surface area contributed by atoms with Crippen LogP contribution in [0.15, 0.2) is 35.5 Å². The van der Waals surface area contributed by atoms with E-state index < -0.39 is 0 Å². The molecule has 110 valence electrons. The summed E-state index contributed by atoms with van der Waals surface area (Å²) >= 11 is 17.4. The van der Waals surface area contributed by atoms with E-state index in [0.29, 0.717) is 38.6 Å². The van der Waals surface area contributed by atoms with Crippen molar-refractivity contribution in [2.24, 2.45) is 16.9 Å². The molecule has 0 unspecified atom stereocenters. The van der Waals surface area contributed by atoms with Gasteiger partial charge in [-0.05, 0) is 49.0 Å². The average Bonchev–Trinajstić information content (AvgIpc) is 3.04. The van der Waals surface area contributed by atoms with E-state index >= 15 is 0 Å². The number of fused-ring (bicyclic) bond motifs is 2. The molecule has 2 bridgehead atoms. The second kappa shape index (κ2) is 6.34. The van der Waals surface area contributed by atoms with Crippen LogP contribution in [0.1, 0.15) is 18.4 Å². The highest BCUT2D eigenvalue weighted by molar-refractivity contribution is 7.80. The zero-order valence-corrected chi connectivity index (χ0v) is 13.6. The van der Waals surface area contributed by atoms with Crippen molar-refractivity contribution in [3.63, 3.8) is 0 Å². The van der Waals surface area contributed by atoms with Crippen LogP contribution in [0.2, 0.25) is 10.0 Å². The molecule has 1 fully saturated rings. The second-order valence-electron chi connectivity index (χ2n) is 5.37. The molecule has 2 aliphatic carbocycles. The molecule has 1 saturated carbocycles. The molecule has 1 aromatic carbocycles. The molecule has 0 amide bonds. The number of thiocarbonyl (C=S) groups is 1. The molecule has 0 spiro atoms. The molecule has 3 nitrogen and oxygen atoms in total. The van der Waals surface area contributed by atoms with E-state index in [9.17, 15) is 0 Å². The van der Waals surface area contributed by atoms with Crippen molar-refractivity contribution >= 4 is 46.7 Å². The van der Waals surface area contributed by atoms with Crippen molar-refractivity contribution in [1.29, 1.82) is 0 Å². The van der Waals surface area contributed by atoms with E-state index in [1.807, 2.05) is 0 Å². The lowest BCUT2D eigenvalue weighted by molar-refractivity contribution is 0.521. The first-order chi connectivity index (χ1) is 10.1.